The first kappa shape index (κ1) is 17.0. The fraction of sp³-hybridized carbons (Fsp3) is 0.750. The van der Waals surface area contributed by atoms with Gasteiger partial charge >= 0.3 is 18.1 Å². The van der Waals surface area contributed by atoms with E-state index >= 15 is 0 Å². The fourth-order valence-electron chi connectivity index (χ4n) is 1.86. The lowest BCUT2D eigenvalue weighted by Crippen LogP contribution is -2.53. The summed E-state index contributed by atoms with van der Waals surface area (Å²) in [6.45, 7) is 3.66. The summed E-state index contributed by atoms with van der Waals surface area (Å²) in [4.78, 5) is 36.8. The molecule has 1 fully saturated rings. The van der Waals surface area contributed by atoms with E-state index in [2.05, 4.69) is 5.32 Å². The molecule has 0 aromatic heterocycles. The largest absolute Gasteiger partial charge is 0.479 e. The van der Waals surface area contributed by atoms with Crippen LogP contribution in [0.5, 0.6) is 0 Å². The normalized spacial score (nSPS) is 16.3. The van der Waals surface area contributed by atoms with E-state index in [1.54, 1.807) is 6.92 Å². The number of nitrogens with one attached hydrogen (secondary N) is 1. The van der Waals surface area contributed by atoms with Crippen LogP contribution in [0.4, 0.5) is 9.59 Å². The van der Waals surface area contributed by atoms with Crippen LogP contribution in [0.15, 0.2) is 0 Å². The van der Waals surface area contributed by atoms with Crippen molar-refractivity contribution in [3.63, 3.8) is 0 Å². The first-order valence-corrected chi connectivity index (χ1v) is 6.81. The molecular formula is C12H21N3O6. The van der Waals surface area contributed by atoms with Gasteiger partial charge in [-0.05, 0) is 6.92 Å². The van der Waals surface area contributed by atoms with E-state index in [1.807, 2.05) is 0 Å². The number of carbonyl (C=O) groups is 3. The molecule has 0 spiro atoms. The Morgan fingerprint density at radius 1 is 1.19 bits per heavy atom. The second-order valence-electron chi connectivity index (χ2n) is 4.55. The monoisotopic (exact) mass is 303 g/mol. The molecule has 0 aliphatic carbocycles. The van der Waals surface area contributed by atoms with Gasteiger partial charge in [-0.25, -0.2) is 14.4 Å². The Balaban J connectivity index is 2.26. The number of amides is 3. The zero-order valence-corrected chi connectivity index (χ0v) is 11.9. The van der Waals surface area contributed by atoms with Gasteiger partial charge in [0, 0.05) is 39.1 Å². The predicted molar refractivity (Wildman–Crippen MR) is 71.8 cm³/mol. The van der Waals surface area contributed by atoms with Crippen molar-refractivity contribution in [2.24, 2.45) is 0 Å². The number of aliphatic hydroxyl groups excluding tert-OH is 1. The van der Waals surface area contributed by atoms with Crippen molar-refractivity contribution in [3.8, 4) is 0 Å². The highest BCUT2D eigenvalue weighted by Gasteiger charge is 2.24. The molecule has 3 N–H and O–H groups in total. The van der Waals surface area contributed by atoms with Gasteiger partial charge in [0.2, 0.25) is 0 Å². The van der Waals surface area contributed by atoms with Crippen molar-refractivity contribution in [2.45, 2.75) is 19.4 Å². The van der Waals surface area contributed by atoms with Crippen LogP contribution in [0, 0.1) is 0 Å². The van der Waals surface area contributed by atoms with Gasteiger partial charge in [-0.2, -0.15) is 0 Å². The molecule has 9 nitrogen and oxygen atoms in total. The Morgan fingerprint density at radius 2 is 1.76 bits per heavy atom. The number of ether oxygens (including phenoxy) is 1. The van der Waals surface area contributed by atoms with E-state index in [0.717, 1.165) is 0 Å². The summed E-state index contributed by atoms with van der Waals surface area (Å²) in [6.07, 6.45) is -1.92. The molecule has 1 aliphatic rings. The lowest BCUT2D eigenvalue weighted by atomic mass is 10.2. The number of nitrogens with zero attached hydrogens (tertiary/aromatic N) is 2. The number of aliphatic carboxylic acids is 1. The summed E-state index contributed by atoms with van der Waals surface area (Å²) < 4.78 is 4.88. The molecule has 0 bridgehead atoms. The van der Waals surface area contributed by atoms with Gasteiger partial charge in [0.1, 0.15) is 0 Å². The predicted octanol–water partition coefficient (Wildman–Crippen LogP) is -0.694. The Hall–Kier alpha value is -2.03. The summed E-state index contributed by atoms with van der Waals surface area (Å²) in [6, 6.07) is -0.337. The van der Waals surface area contributed by atoms with Crippen molar-refractivity contribution in [1.29, 1.82) is 0 Å². The smallest absolute Gasteiger partial charge is 0.409 e. The molecule has 0 aromatic carbocycles. The van der Waals surface area contributed by atoms with Gasteiger partial charge in [-0.3, -0.25) is 0 Å². The van der Waals surface area contributed by atoms with E-state index in [9.17, 15) is 14.4 Å². The van der Waals surface area contributed by atoms with Crippen molar-refractivity contribution >= 4 is 18.1 Å². The Morgan fingerprint density at radius 3 is 2.29 bits per heavy atom. The first-order chi connectivity index (χ1) is 9.95. The number of carbonyl (C=O) groups excluding carboxylic acids is 2. The van der Waals surface area contributed by atoms with Gasteiger partial charge in [0.15, 0.2) is 6.10 Å². The molecule has 9 heteroatoms. The van der Waals surface area contributed by atoms with E-state index in [4.69, 9.17) is 14.9 Å². The molecule has 1 atom stereocenters. The maximum atomic E-state index is 11.8. The van der Waals surface area contributed by atoms with Crippen LogP contribution in [-0.4, -0.2) is 83.5 Å². The Bertz CT molecular complexity index is 381. The minimum absolute atomic E-state index is 0.0517. The minimum Gasteiger partial charge on any atom is -0.479 e. The molecule has 0 aromatic rings. The molecule has 0 saturated carbocycles. The summed E-state index contributed by atoms with van der Waals surface area (Å²) in [5, 5.41) is 20.1. The number of piperazine rings is 1. The molecule has 1 unspecified atom stereocenters. The molecule has 120 valence electrons. The zero-order chi connectivity index (χ0) is 15.8. The molecule has 0 radical (unpaired) electrons. The standard InChI is InChI=1S/C12H21N3O6/c1-2-21-12(20)15-7-5-14(6-8-15)11(19)13-4-3-9(16)10(17)18/h9,16H,2-8H2,1H3,(H,13,19)(H,17,18). The second kappa shape index (κ2) is 8.30. The number of hydrogen-bond acceptors (Lipinski definition) is 5. The third-order valence-electron chi connectivity index (χ3n) is 3.07. The van der Waals surface area contributed by atoms with Gasteiger partial charge in [-0.15, -0.1) is 0 Å². The summed E-state index contributed by atoms with van der Waals surface area (Å²) in [7, 11) is 0. The van der Waals surface area contributed by atoms with Crippen molar-refractivity contribution in [2.75, 3.05) is 39.3 Å². The van der Waals surface area contributed by atoms with Crippen LogP contribution >= 0.6 is 0 Å². The summed E-state index contributed by atoms with van der Waals surface area (Å²) in [5.74, 6) is -1.31. The maximum absolute atomic E-state index is 11.8. The SMILES string of the molecule is CCOC(=O)N1CCN(C(=O)NCCC(O)C(=O)O)CC1. The van der Waals surface area contributed by atoms with Crippen molar-refractivity contribution in [1.82, 2.24) is 15.1 Å². The lowest BCUT2D eigenvalue weighted by molar-refractivity contribution is -0.146. The van der Waals surface area contributed by atoms with E-state index < -0.39 is 12.1 Å². The van der Waals surface area contributed by atoms with Crippen LogP contribution in [-0.2, 0) is 9.53 Å². The highest BCUT2D eigenvalue weighted by Crippen LogP contribution is 2.04. The maximum Gasteiger partial charge on any atom is 0.409 e. The van der Waals surface area contributed by atoms with E-state index in [-0.39, 0.29) is 25.1 Å². The third kappa shape index (κ3) is 5.46. The average Bonchev–Trinajstić information content (AvgIpc) is 2.47. The molecule has 21 heavy (non-hydrogen) atoms. The number of carboxylic acids is 1. The fourth-order valence-corrected chi connectivity index (χ4v) is 1.86. The topological polar surface area (TPSA) is 119 Å². The number of aliphatic hydroxyl groups is 1. The Kier molecular flexibility index (Phi) is 6.73. The highest BCUT2D eigenvalue weighted by atomic mass is 16.6. The quantitative estimate of drug-likeness (QED) is 0.618. The third-order valence-corrected chi connectivity index (χ3v) is 3.07. The number of urea groups is 1. The molecule has 1 saturated heterocycles. The molecule has 1 heterocycles. The van der Waals surface area contributed by atoms with Gasteiger partial charge in [0.25, 0.3) is 0 Å². The van der Waals surface area contributed by atoms with Crippen LogP contribution in [0.1, 0.15) is 13.3 Å². The molecular weight excluding hydrogens is 282 g/mol. The Labute approximate surface area is 122 Å². The highest BCUT2D eigenvalue weighted by molar-refractivity contribution is 5.75. The van der Waals surface area contributed by atoms with E-state index in [1.165, 1.54) is 9.80 Å². The number of carboxylic acid groups (broad SMARTS) is 1. The first-order valence-electron chi connectivity index (χ1n) is 6.81. The minimum atomic E-state index is -1.48. The molecule has 1 aliphatic heterocycles. The second-order valence-corrected chi connectivity index (χ2v) is 4.55. The summed E-state index contributed by atoms with van der Waals surface area (Å²) >= 11 is 0. The number of rotatable bonds is 5. The van der Waals surface area contributed by atoms with E-state index in [0.29, 0.717) is 32.8 Å². The van der Waals surface area contributed by atoms with Gasteiger partial charge < -0.3 is 30.1 Å². The van der Waals surface area contributed by atoms with Crippen molar-refractivity contribution < 1.29 is 29.3 Å². The lowest BCUT2D eigenvalue weighted by Gasteiger charge is -2.34. The number of hydrogen-bond donors (Lipinski definition) is 3. The summed E-state index contributed by atoms with van der Waals surface area (Å²) in [5.41, 5.74) is 0. The van der Waals surface area contributed by atoms with Gasteiger partial charge in [-0.1, -0.05) is 0 Å². The van der Waals surface area contributed by atoms with Crippen LogP contribution in [0.3, 0.4) is 0 Å². The van der Waals surface area contributed by atoms with Crippen LogP contribution in [0.2, 0.25) is 0 Å². The molecule has 1 rings (SSSR count). The average molecular weight is 303 g/mol. The van der Waals surface area contributed by atoms with Crippen molar-refractivity contribution in [3.05, 3.63) is 0 Å². The van der Waals surface area contributed by atoms with Crippen LogP contribution in [0.25, 0.3) is 0 Å². The molecule has 3 amide bonds. The van der Waals surface area contributed by atoms with Gasteiger partial charge in [0.05, 0.1) is 6.61 Å². The zero-order valence-electron chi connectivity index (χ0n) is 11.9. The van der Waals surface area contributed by atoms with Crippen LogP contribution < -0.4 is 5.32 Å².